The number of hydrogen-bond acceptors (Lipinski definition) is 1. The third kappa shape index (κ3) is 5.04. The first-order chi connectivity index (χ1) is 25.8. The van der Waals surface area contributed by atoms with Crippen molar-refractivity contribution in [1.29, 1.82) is 0 Å². The Hall–Kier alpha value is -6.90. The molecule has 1 aromatic heterocycles. The molecule has 244 valence electrons. The number of benzene rings is 8. The van der Waals surface area contributed by atoms with Crippen molar-refractivity contribution in [1.82, 2.24) is 4.57 Å². The number of rotatable bonds is 6. The van der Waals surface area contributed by atoms with Gasteiger partial charge >= 0.3 is 0 Å². The lowest BCUT2D eigenvalue weighted by atomic mass is 9.93. The minimum atomic E-state index is 1.10. The molecule has 0 aliphatic heterocycles. The molecule has 0 N–H and O–H groups in total. The van der Waals surface area contributed by atoms with Crippen molar-refractivity contribution in [2.45, 2.75) is 0 Å². The molecule has 0 saturated carbocycles. The van der Waals surface area contributed by atoms with Crippen LogP contribution in [-0.4, -0.2) is 4.57 Å². The minimum absolute atomic E-state index is 1.10. The molecular weight excluding hydrogens is 629 g/mol. The van der Waals surface area contributed by atoms with Gasteiger partial charge in [-0.3, -0.25) is 0 Å². The van der Waals surface area contributed by atoms with E-state index in [2.05, 4.69) is 216 Å². The molecule has 0 radical (unpaired) electrons. The Bertz CT molecular complexity index is 2710. The largest absolute Gasteiger partial charge is 0.316 e. The Morgan fingerprint density at radius 1 is 0.308 bits per heavy atom. The summed E-state index contributed by atoms with van der Waals surface area (Å²) in [6, 6.07) is 72.4. The van der Waals surface area contributed by atoms with Crippen molar-refractivity contribution in [2.24, 2.45) is 0 Å². The molecule has 8 aromatic carbocycles. The van der Waals surface area contributed by atoms with E-state index in [4.69, 9.17) is 0 Å². The van der Waals surface area contributed by atoms with Gasteiger partial charge in [-0.1, -0.05) is 152 Å². The van der Waals surface area contributed by atoms with Crippen molar-refractivity contribution < 1.29 is 0 Å². The molecule has 9 aromatic rings. The summed E-state index contributed by atoms with van der Waals surface area (Å²) in [5, 5.41) is 1.26. The number of aromatic nitrogens is 1. The van der Waals surface area contributed by atoms with Gasteiger partial charge < -0.3 is 9.47 Å². The second-order valence-electron chi connectivity index (χ2n) is 13.4. The fourth-order valence-electron chi connectivity index (χ4n) is 7.94. The first-order valence-electron chi connectivity index (χ1n) is 17.8. The molecule has 0 unspecified atom stereocenters. The van der Waals surface area contributed by atoms with Crippen LogP contribution in [0, 0.1) is 0 Å². The fraction of sp³-hybridized carbons (Fsp3) is 0. The Labute approximate surface area is 304 Å². The third-order valence-corrected chi connectivity index (χ3v) is 10.4. The molecule has 1 aliphatic carbocycles. The summed E-state index contributed by atoms with van der Waals surface area (Å²) >= 11 is 0. The fourth-order valence-corrected chi connectivity index (χ4v) is 7.94. The maximum Gasteiger partial charge on any atom is 0.0562 e. The van der Waals surface area contributed by atoms with E-state index in [0.717, 1.165) is 22.7 Å². The van der Waals surface area contributed by atoms with Crippen LogP contribution in [0.2, 0.25) is 0 Å². The van der Waals surface area contributed by atoms with Crippen molar-refractivity contribution >= 4 is 28.0 Å². The van der Waals surface area contributed by atoms with Crippen LogP contribution in [-0.2, 0) is 0 Å². The molecule has 0 fully saturated rings. The average Bonchev–Trinajstić information content (AvgIpc) is 3.56. The van der Waals surface area contributed by atoms with Gasteiger partial charge in [0.25, 0.3) is 0 Å². The van der Waals surface area contributed by atoms with E-state index in [1.165, 1.54) is 66.5 Å². The predicted molar refractivity (Wildman–Crippen MR) is 219 cm³/mol. The molecule has 0 spiro atoms. The van der Waals surface area contributed by atoms with E-state index in [9.17, 15) is 0 Å². The van der Waals surface area contributed by atoms with Crippen molar-refractivity contribution in [3.05, 3.63) is 206 Å². The number of hydrogen-bond donors (Lipinski definition) is 0. The normalized spacial score (nSPS) is 11.5. The van der Waals surface area contributed by atoms with E-state index in [-0.39, 0.29) is 0 Å². The third-order valence-electron chi connectivity index (χ3n) is 10.4. The van der Waals surface area contributed by atoms with Gasteiger partial charge in [-0.15, -0.1) is 0 Å². The van der Waals surface area contributed by atoms with Gasteiger partial charge in [0.1, 0.15) is 0 Å². The molecule has 0 bridgehead atoms. The Balaban J connectivity index is 1.25. The van der Waals surface area contributed by atoms with Gasteiger partial charge in [0.15, 0.2) is 0 Å². The molecule has 2 heteroatoms. The quantitative estimate of drug-likeness (QED) is 0.172. The molecule has 1 heterocycles. The number of fused-ring (bicyclic) bond motifs is 5. The van der Waals surface area contributed by atoms with Crippen LogP contribution in [0.25, 0.3) is 72.2 Å². The standard InChI is InChI=1S/C50H34N2/c1-4-15-35(16-5-1)37-27-29-40(30-28-37)52(39-20-8-3-9-21-39)42-32-47-45-25-12-10-23-43(45)44-24-11-13-26-46(44)48-34-51(49(33-42)50(47)48)41-22-14-19-38(31-41)36-17-6-2-7-18-36/h1-34H. The maximum atomic E-state index is 2.40. The summed E-state index contributed by atoms with van der Waals surface area (Å²) in [4.78, 5) is 2.39. The summed E-state index contributed by atoms with van der Waals surface area (Å²) in [6.07, 6.45) is 2.36. The van der Waals surface area contributed by atoms with Crippen LogP contribution >= 0.6 is 0 Å². The summed E-state index contributed by atoms with van der Waals surface area (Å²) in [6.45, 7) is 0. The van der Waals surface area contributed by atoms with Crippen LogP contribution in [0.15, 0.2) is 206 Å². The highest BCUT2D eigenvalue weighted by molar-refractivity contribution is 6.15. The molecule has 10 rings (SSSR count). The number of para-hydroxylation sites is 1. The smallest absolute Gasteiger partial charge is 0.0562 e. The topological polar surface area (TPSA) is 8.17 Å². The lowest BCUT2D eigenvalue weighted by Crippen LogP contribution is -2.10. The Morgan fingerprint density at radius 3 is 1.42 bits per heavy atom. The van der Waals surface area contributed by atoms with Gasteiger partial charge in [-0.25, -0.2) is 0 Å². The molecule has 52 heavy (non-hydrogen) atoms. The lowest BCUT2D eigenvalue weighted by Gasteiger charge is -2.27. The molecule has 1 aliphatic rings. The van der Waals surface area contributed by atoms with Crippen molar-refractivity contribution in [3.8, 4) is 61.3 Å². The summed E-state index contributed by atoms with van der Waals surface area (Å²) in [7, 11) is 0. The van der Waals surface area contributed by atoms with E-state index >= 15 is 0 Å². The predicted octanol–water partition coefficient (Wildman–Crippen LogP) is 13.7. The van der Waals surface area contributed by atoms with Crippen molar-refractivity contribution in [2.75, 3.05) is 4.90 Å². The van der Waals surface area contributed by atoms with Gasteiger partial charge in [-0.2, -0.15) is 0 Å². The second kappa shape index (κ2) is 12.5. The van der Waals surface area contributed by atoms with E-state index < -0.39 is 0 Å². The number of nitrogens with zero attached hydrogens (tertiary/aromatic N) is 2. The highest BCUT2D eigenvalue weighted by Gasteiger charge is 2.26. The summed E-state index contributed by atoms with van der Waals surface area (Å²) in [5.74, 6) is 0. The Morgan fingerprint density at radius 2 is 0.788 bits per heavy atom. The highest BCUT2D eigenvalue weighted by atomic mass is 15.1. The Kier molecular flexibility index (Phi) is 7.18. The molecule has 0 saturated heterocycles. The second-order valence-corrected chi connectivity index (χ2v) is 13.4. The summed E-state index contributed by atoms with van der Waals surface area (Å²) in [5.41, 5.74) is 17.9. The highest BCUT2D eigenvalue weighted by Crippen LogP contribution is 2.51. The average molecular weight is 663 g/mol. The lowest BCUT2D eigenvalue weighted by molar-refractivity contribution is 1.13. The van der Waals surface area contributed by atoms with Crippen LogP contribution in [0.4, 0.5) is 17.1 Å². The molecule has 0 atom stereocenters. The van der Waals surface area contributed by atoms with Gasteiger partial charge in [0.05, 0.1) is 5.52 Å². The van der Waals surface area contributed by atoms with Crippen molar-refractivity contribution in [3.63, 3.8) is 0 Å². The first-order valence-corrected chi connectivity index (χ1v) is 17.8. The van der Waals surface area contributed by atoms with Crippen LogP contribution in [0.3, 0.4) is 0 Å². The number of anilines is 3. The van der Waals surface area contributed by atoms with E-state index in [1.807, 2.05) is 0 Å². The molecule has 0 amide bonds. The van der Waals surface area contributed by atoms with E-state index in [0.29, 0.717) is 0 Å². The zero-order chi connectivity index (χ0) is 34.4. The van der Waals surface area contributed by atoms with Crippen LogP contribution < -0.4 is 4.90 Å². The zero-order valence-electron chi connectivity index (χ0n) is 28.5. The van der Waals surface area contributed by atoms with Crippen LogP contribution in [0.1, 0.15) is 0 Å². The van der Waals surface area contributed by atoms with Gasteiger partial charge in [-0.05, 0) is 98.6 Å². The zero-order valence-corrected chi connectivity index (χ0v) is 28.5. The van der Waals surface area contributed by atoms with E-state index in [1.54, 1.807) is 0 Å². The molecular formula is C50H34N2. The minimum Gasteiger partial charge on any atom is -0.316 e. The van der Waals surface area contributed by atoms with Gasteiger partial charge in [0.2, 0.25) is 0 Å². The monoisotopic (exact) mass is 662 g/mol. The summed E-state index contributed by atoms with van der Waals surface area (Å²) < 4.78 is 2.40. The van der Waals surface area contributed by atoms with Gasteiger partial charge in [0, 0.05) is 39.9 Å². The SMILES string of the molecule is c1ccc(-c2ccc(N(c3ccccc3)c3cc4c5c(cn(-c6cccc(-c7ccccc7)c6)c5c3)-c3ccccc3-c3ccccc3-4)cc2)cc1. The maximum absolute atomic E-state index is 2.40. The molecule has 2 nitrogen and oxygen atoms in total. The first kappa shape index (κ1) is 30.0. The van der Waals surface area contributed by atoms with Crippen LogP contribution in [0.5, 0.6) is 0 Å².